The van der Waals surface area contributed by atoms with Crippen LogP contribution >= 0.6 is 21.6 Å². The molecule has 1 aromatic heterocycles. The normalized spacial score (nSPS) is 21.9. The Morgan fingerprint density at radius 3 is 2.47 bits per heavy atom. The zero-order valence-electron chi connectivity index (χ0n) is 10.4. The molecular formula is C15H15NOS2. The molecule has 19 heavy (non-hydrogen) atoms. The summed E-state index contributed by atoms with van der Waals surface area (Å²) in [5.74, 6) is 0. The van der Waals surface area contributed by atoms with Crippen LogP contribution in [0.5, 0.6) is 0 Å². The lowest BCUT2D eigenvalue weighted by molar-refractivity contribution is 0.165. The van der Waals surface area contributed by atoms with E-state index in [4.69, 9.17) is 0 Å². The van der Waals surface area contributed by atoms with Crippen LogP contribution in [0.2, 0.25) is 0 Å². The van der Waals surface area contributed by atoms with Crippen molar-refractivity contribution in [2.24, 2.45) is 0 Å². The lowest BCUT2D eigenvalue weighted by Crippen LogP contribution is -2.31. The molecule has 2 aromatic rings. The molecule has 0 spiro atoms. The Bertz CT molecular complexity index is 547. The molecule has 2 nitrogen and oxygen atoms in total. The summed E-state index contributed by atoms with van der Waals surface area (Å²) in [5, 5.41) is 11.5. The van der Waals surface area contributed by atoms with Gasteiger partial charge < -0.3 is 5.11 Å². The number of rotatable bonds is 3. The van der Waals surface area contributed by atoms with E-state index in [0.29, 0.717) is 0 Å². The summed E-state index contributed by atoms with van der Waals surface area (Å²) in [7, 11) is 3.38. The van der Waals surface area contributed by atoms with E-state index in [1.165, 1.54) is 11.1 Å². The number of hydrogen-bond acceptors (Lipinski definition) is 4. The van der Waals surface area contributed by atoms with Crippen LogP contribution in [0, 0.1) is 0 Å². The second kappa shape index (κ2) is 5.99. The van der Waals surface area contributed by atoms with E-state index in [-0.39, 0.29) is 11.4 Å². The van der Waals surface area contributed by atoms with Gasteiger partial charge in [0, 0.05) is 11.4 Å². The molecule has 0 bridgehead atoms. The molecule has 1 aliphatic rings. The second-order valence-electron chi connectivity index (χ2n) is 4.63. The van der Waals surface area contributed by atoms with Crippen LogP contribution in [0.4, 0.5) is 0 Å². The van der Waals surface area contributed by atoms with Gasteiger partial charge in [0.1, 0.15) is 5.03 Å². The smallest absolute Gasteiger partial charge is 0.106 e. The van der Waals surface area contributed by atoms with Crippen molar-refractivity contribution >= 4 is 21.6 Å². The van der Waals surface area contributed by atoms with E-state index in [9.17, 15) is 5.11 Å². The van der Waals surface area contributed by atoms with E-state index in [1.807, 2.05) is 24.3 Å². The largest absolute Gasteiger partial charge is 0.392 e. The molecule has 0 saturated heterocycles. The fourth-order valence-corrected chi connectivity index (χ4v) is 4.75. The molecule has 4 heteroatoms. The summed E-state index contributed by atoms with van der Waals surface area (Å²) < 4.78 is 0. The minimum atomic E-state index is -0.267. The molecule has 1 heterocycles. The zero-order valence-corrected chi connectivity index (χ0v) is 12.0. The quantitative estimate of drug-likeness (QED) is 0.879. The van der Waals surface area contributed by atoms with Crippen LogP contribution in [-0.2, 0) is 12.8 Å². The third kappa shape index (κ3) is 3.14. The van der Waals surface area contributed by atoms with E-state index < -0.39 is 0 Å². The summed E-state index contributed by atoms with van der Waals surface area (Å²) >= 11 is 0. The lowest BCUT2D eigenvalue weighted by atomic mass is 9.89. The van der Waals surface area contributed by atoms with Gasteiger partial charge in [0.05, 0.1) is 6.10 Å². The minimum Gasteiger partial charge on any atom is -0.392 e. The highest BCUT2D eigenvalue weighted by atomic mass is 33.1. The highest BCUT2D eigenvalue weighted by Crippen LogP contribution is 2.39. The van der Waals surface area contributed by atoms with Gasteiger partial charge in [-0.15, -0.1) is 0 Å². The number of hydrogen-bond donors (Lipinski definition) is 1. The van der Waals surface area contributed by atoms with Crippen molar-refractivity contribution in [1.82, 2.24) is 4.98 Å². The average molecular weight is 289 g/mol. The maximum Gasteiger partial charge on any atom is 0.106 e. The third-order valence-electron chi connectivity index (χ3n) is 3.29. The Kier molecular flexibility index (Phi) is 4.11. The standard InChI is InChI=1S/C15H15NOS2/c17-13-9-11-5-1-2-6-12(11)10-14(13)18-19-15-7-3-4-8-16-15/h1-8,13-14,17H,9-10H2/t13-,14-/m1/s1. The molecule has 0 saturated carbocycles. The van der Waals surface area contributed by atoms with E-state index >= 15 is 0 Å². The van der Waals surface area contributed by atoms with Crippen molar-refractivity contribution in [3.63, 3.8) is 0 Å². The topological polar surface area (TPSA) is 33.1 Å². The van der Waals surface area contributed by atoms with Crippen molar-refractivity contribution in [3.05, 3.63) is 59.8 Å². The van der Waals surface area contributed by atoms with Gasteiger partial charge in [0.15, 0.2) is 0 Å². The predicted octanol–water partition coefficient (Wildman–Crippen LogP) is 3.35. The van der Waals surface area contributed by atoms with E-state index in [0.717, 1.165) is 17.9 Å². The molecule has 2 atom stereocenters. The van der Waals surface area contributed by atoms with Gasteiger partial charge in [0.2, 0.25) is 0 Å². The van der Waals surface area contributed by atoms with Crippen molar-refractivity contribution in [2.75, 3.05) is 0 Å². The maximum atomic E-state index is 10.2. The molecule has 0 fully saturated rings. The number of pyridine rings is 1. The summed E-state index contributed by atoms with van der Waals surface area (Å²) in [4.78, 5) is 4.29. The van der Waals surface area contributed by atoms with Gasteiger partial charge in [-0.05, 0) is 46.9 Å². The van der Waals surface area contributed by atoms with Crippen molar-refractivity contribution in [3.8, 4) is 0 Å². The number of aromatic nitrogens is 1. The van der Waals surface area contributed by atoms with Crippen molar-refractivity contribution in [1.29, 1.82) is 0 Å². The molecular weight excluding hydrogens is 274 g/mol. The average Bonchev–Trinajstić information content (AvgIpc) is 2.46. The number of nitrogens with zero attached hydrogens (tertiary/aromatic N) is 1. The van der Waals surface area contributed by atoms with Crippen LogP contribution < -0.4 is 0 Å². The zero-order chi connectivity index (χ0) is 13.1. The van der Waals surface area contributed by atoms with Crippen LogP contribution in [0.15, 0.2) is 53.7 Å². The molecule has 0 aliphatic heterocycles. The summed E-state index contributed by atoms with van der Waals surface area (Å²) in [6, 6.07) is 14.3. The fraction of sp³-hybridized carbons (Fsp3) is 0.267. The first-order valence-corrected chi connectivity index (χ1v) is 8.53. The molecule has 98 valence electrons. The number of benzene rings is 1. The fourth-order valence-electron chi connectivity index (χ4n) is 2.27. The molecule has 0 amide bonds. The molecule has 3 rings (SSSR count). The summed E-state index contributed by atoms with van der Waals surface area (Å²) in [5.41, 5.74) is 2.65. The lowest BCUT2D eigenvalue weighted by Gasteiger charge is -2.28. The third-order valence-corrected chi connectivity index (χ3v) is 6.07. The van der Waals surface area contributed by atoms with Gasteiger partial charge in [-0.3, -0.25) is 0 Å². The van der Waals surface area contributed by atoms with Crippen LogP contribution in [-0.4, -0.2) is 21.4 Å². The number of fused-ring (bicyclic) bond motifs is 1. The van der Waals surface area contributed by atoms with Crippen molar-refractivity contribution in [2.45, 2.75) is 29.2 Å². The van der Waals surface area contributed by atoms with Crippen LogP contribution in [0.3, 0.4) is 0 Å². The van der Waals surface area contributed by atoms with Gasteiger partial charge in [-0.2, -0.15) is 0 Å². The highest BCUT2D eigenvalue weighted by molar-refractivity contribution is 8.76. The highest BCUT2D eigenvalue weighted by Gasteiger charge is 2.27. The summed E-state index contributed by atoms with van der Waals surface area (Å²) in [6.45, 7) is 0. The predicted molar refractivity (Wildman–Crippen MR) is 81.3 cm³/mol. The Hall–Kier alpha value is -0.970. The number of aliphatic hydroxyl groups excluding tert-OH is 1. The molecule has 0 unspecified atom stereocenters. The van der Waals surface area contributed by atoms with Gasteiger partial charge in [0.25, 0.3) is 0 Å². The Morgan fingerprint density at radius 1 is 1.00 bits per heavy atom. The molecule has 1 aromatic carbocycles. The van der Waals surface area contributed by atoms with Gasteiger partial charge in [-0.1, -0.05) is 41.1 Å². The van der Waals surface area contributed by atoms with Crippen LogP contribution in [0.25, 0.3) is 0 Å². The molecule has 0 radical (unpaired) electrons. The first-order valence-electron chi connectivity index (χ1n) is 6.32. The number of aliphatic hydroxyl groups is 1. The Labute approximate surface area is 121 Å². The molecule has 1 N–H and O–H groups in total. The van der Waals surface area contributed by atoms with Gasteiger partial charge >= 0.3 is 0 Å². The van der Waals surface area contributed by atoms with Crippen LogP contribution in [0.1, 0.15) is 11.1 Å². The first-order chi connectivity index (χ1) is 9.33. The minimum absolute atomic E-state index is 0.238. The van der Waals surface area contributed by atoms with E-state index in [2.05, 4.69) is 23.2 Å². The van der Waals surface area contributed by atoms with E-state index in [1.54, 1.807) is 27.8 Å². The summed E-state index contributed by atoms with van der Waals surface area (Å²) in [6.07, 6.45) is 3.23. The Morgan fingerprint density at radius 2 is 1.74 bits per heavy atom. The molecule has 1 aliphatic carbocycles. The second-order valence-corrected chi connectivity index (χ2v) is 7.09. The SMILES string of the molecule is O[C@@H]1Cc2ccccc2C[C@H]1SSc1ccccn1. The monoisotopic (exact) mass is 289 g/mol. The first kappa shape index (κ1) is 13.0. The Balaban J connectivity index is 1.66. The maximum absolute atomic E-state index is 10.2. The van der Waals surface area contributed by atoms with Gasteiger partial charge in [-0.25, -0.2) is 4.98 Å². The van der Waals surface area contributed by atoms with Crippen molar-refractivity contribution < 1.29 is 5.11 Å².